The van der Waals surface area contributed by atoms with Crippen LogP contribution < -0.4 is 10.9 Å². The molecule has 1 atom stereocenters. The number of aliphatic hydroxyl groups excluding tert-OH is 1. The Kier molecular flexibility index (Phi) is 5.24. The normalized spacial score (nSPS) is 11.8. The highest BCUT2D eigenvalue weighted by Crippen LogP contribution is 2.31. The second-order valence-electron chi connectivity index (χ2n) is 5.94. The van der Waals surface area contributed by atoms with Gasteiger partial charge in [-0.15, -0.1) is 0 Å². The number of nitrogens with zero attached hydrogens (tertiary/aromatic N) is 1. The van der Waals surface area contributed by atoms with E-state index in [4.69, 9.17) is 0 Å². The molecule has 3 rings (SSSR count). The van der Waals surface area contributed by atoms with Gasteiger partial charge in [-0.25, -0.2) is 5.10 Å². The van der Waals surface area contributed by atoms with E-state index in [2.05, 4.69) is 15.5 Å². The first-order valence-corrected chi connectivity index (χ1v) is 8.27. The maximum Gasteiger partial charge on any atom is 0.277 e. The topological polar surface area (TPSA) is 95.1 Å². The Hall–Kier alpha value is -3.25. The Morgan fingerprint density at radius 2 is 1.65 bits per heavy atom. The van der Waals surface area contributed by atoms with E-state index >= 15 is 0 Å². The van der Waals surface area contributed by atoms with Crippen LogP contribution in [0, 0.1) is 0 Å². The third kappa shape index (κ3) is 3.70. The third-order valence-electron chi connectivity index (χ3n) is 3.88. The average molecular weight is 349 g/mol. The number of aliphatic hydroxyl groups is 1. The van der Waals surface area contributed by atoms with E-state index in [0.29, 0.717) is 16.8 Å². The van der Waals surface area contributed by atoms with Crippen LogP contribution in [0.25, 0.3) is 22.4 Å². The summed E-state index contributed by atoms with van der Waals surface area (Å²) < 4.78 is 0. The van der Waals surface area contributed by atoms with Crippen LogP contribution >= 0.6 is 0 Å². The standard InChI is InChI=1S/C20H19N3O3/c1-13(24)12-21-19(25)17-16(14-8-4-2-5-9-14)18(22-23-20(17)26)15-10-6-3-7-11-15/h2-11,13,24H,12H2,1H3,(H,21,25)(H,23,26). The van der Waals surface area contributed by atoms with Crippen molar-refractivity contribution in [1.82, 2.24) is 15.5 Å². The number of amides is 1. The van der Waals surface area contributed by atoms with E-state index in [9.17, 15) is 14.7 Å². The van der Waals surface area contributed by atoms with Gasteiger partial charge in [-0.1, -0.05) is 60.7 Å². The number of carbonyl (C=O) groups is 1. The van der Waals surface area contributed by atoms with Crippen molar-refractivity contribution >= 4 is 5.91 Å². The van der Waals surface area contributed by atoms with Crippen LogP contribution in [-0.4, -0.2) is 33.9 Å². The van der Waals surface area contributed by atoms with Gasteiger partial charge in [-0.2, -0.15) is 5.10 Å². The van der Waals surface area contributed by atoms with Crippen molar-refractivity contribution in [3.05, 3.63) is 76.6 Å². The summed E-state index contributed by atoms with van der Waals surface area (Å²) in [5.41, 5.74) is 1.87. The van der Waals surface area contributed by atoms with Crippen molar-refractivity contribution in [3.8, 4) is 22.4 Å². The lowest BCUT2D eigenvalue weighted by Crippen LogP contribution is -2.35. The fraction of sp³-hybridized carbons (Fsp3) is 0.150. The molecule has 1 unspecified atom stereocenters. The maximum absolute atomic E-state index is 12.7. The predicted octanol–water partition coefficient (Wildman–Crippen LogP) is 2.21. The van der Waals surface area contributed by atoms with Gasteiger partial charge in [0.05, 0.1) is 11.8 Å². The van der Waals surface area contributed by atoms with Gasteiger partial charge in [0.1, 0.15) is 5.56 Å². The van der Waals surface area contributed by atoms with Gasteiger partial charge in [0.15, 0.2) is 0 Å². The summed E-state index contributed by atoms with van der Waals surface area (Å²) in [6.45, 7) is 1.61. The molecule has 6 nitrogen and oxygen atoms in total. The molecule has 3 aromatic rings. The summed E-state index contributed by atoms with van der Waals surface area (Å²) in [4.78, 5) is 25.1. The zero-order valence-electron chi connectivity index (χ0n) is 14.3. The van der Waals surface area contributed by atoms with Crippen LogP contribution in [0.3, 0.4) is 0 Å². The highest BCUT2D eigenvalue weighted by atomic mass is 16.3. The Morgan fingerprint density at radius 3 is 2.23 bits per heavy atom. The van der Waals surface area contributed by atoms with Crippen molar-refractivity contribution in [2.24, 2.45) is 0 Å². The van der Waals surface area contributed by atoms with Crippen molar-refractivity contribution in [1.29, 1.82) is 0 Å². The average Bonchev–Trinajstić information content (AvgIpc) is 2.67. The Balaban J connectivity index is 2.23. The smallest absolute Gasteiger partial charge is 0.277 e. The Labute approximate surface area is 150 Å². The van der Waals surface area contributed by atoms with Crippen molar-refractivity contribution < 1.29 is 9.90 Å². The predicted molar refractivity (Wildman–Crippen MR) is 99.7 cm³/mol. The molecule has 0 aliphatic heterocycles. The minimum absolute atomic E-state index is 0.0225. The zero-order chi connectivity index (χ0) is 18.5. The molecule has 3 N–H and O–H groups in total. The van der Waals surface area contributed by atoms with Gasteiger partial charge in [-0.3, -0.25) is 9.59 Å². The van der Waals surface area contributed by atoms with E-state index in [1.54, 1.807) is 6.92 Å². The monoisotopic (exact) mass is 349 g/mol. The summed E-state index contributed by atoms with van der Waals surface area (Å²) in [6.07, 6.45) is -0.714. The van der Waals surface area contributed by atoms with E-state index < -0.39 is 17.6 Å². The van der Waals surface area contributed by atoms with Gasteiger partial charge in [0, 0.05) is 17.7 Å². The Bertz CT molecular complexity index is 951. The minimum atomic E-state index is -0.714. The molecule has 0 fully saturated rings. The number of rotatable bonds is 5. The van der Waals surface area contributed by atoms with Crippen molar-refractivity contribution in [2.45, 2.75) is 13.0 Å². The lowest BCUT2D eigenvalue weighted by Gasteiger charge is -2.14. The molecule has 0 bridgehead atoms. The summed E-state index contributed by atoms with van der Waals surface area (Å²) in [7, 11) is 0. The van der Waals surface area contributed by atoms with Crippen molar-refractivity contribution in [3.63, 3.8) is 0 Å². The number of carbonyl (C=O) groups excluding carboxylic acids is 1. The van der Waals surface area contributed by atoms with Crippen LogP contribution in [0.1, 0.15) is 17.3 Å². The first kappa shape index (κ1) is 17.6. The lowest BCUT2D eigenvalue weighted by atomic mass is 9.95. The second-order valence-corrected chi connectivity index (χ2v) is 5.94. The lowest BCUT2D eigenvalue weighted by molar-refractivity contribution is 0.0923. The number of hydrogen-bond donors (Lipinski definition) is 3. The van der Waals surface area contributed by atoms with E-state index in [1.165, 1.54) is 0 Å². The molecule has 1 aromatic heterocycles. The molecule has 2 aromatic carbocycles. The SMILES string of the molecule is CC(O)CNC(=O)c1c(-c2ccccc2)c(-c2ccccc2)n[nH]c1=O. The third-order valence-corrected chi connectivity index (χ3v) is 3.88. The van der Waals surface area contributed by atoms with E-state index in [-0.39, 0.29) is 12.1 Å². The molecular formula is C20H19N3O3. The number of aromatic amines is 1. The summed E-state index contributed by atoms with van der Waals surface area (Å²) in [5, 5.41) is 18.6. The molecule has 0 aliphatic carbocycles. The maximum atomic E-state index is 12.7. The summed E-state index contributed by atoms with van der Waals surface area (Å²) in [6, 6.07) is 18.5. The highest BCUT2D eigenvalue weighted by molar-refractivity contribution is 6.03. The first-order chi connectivity index (χ1) is 12.6. The molecule has 26 heavy (non-hydrogen) atoms. The molecule has 132 valence electrons. The van der Waals surface area contributed by atoms with Gasteiger partial charge in [0.2, 0.25) is 0 Å². The molecule has 0 aliphatic rings. The second kappa shape index (κ2) is 7.76. The molecule has 0 radical (unpaired) electrons. The molecule has 1 heterocycles. The van der Waals surface area contributed by atoms with Crippen LogP contribution in [0.5, 0.6) is 0 Å². The van der Waals surface area contributed by atoms with Crippen LogP contribution in [0.15, 0.2) is 65.5 Å². The number of aromatic nitrogens is 2. The quantitative estimate of drug-likeness (QED) is 0.658. The Morgan fingerprint density at radius 1 is 1.08 bits per heavy atom. The number of hydrogen-bond acceptors (Lipinski definition) is 4. The summed E-state index contributed by atoms with van der Waals surface area (Å²) >= 11 is 0. The fourth-order valence-electron chi connectivity index (χ4n) is 2.69. The molecule has 0 saturated carbocycles. The largest absolute Gasteiger partial charge is 0.392 e. The van der Waals surface area contributed by atoms with Crippen LogP contribution in [0.2, 0.25) is 0 Å². The number of nitrogens with one attached hydrogen (secondary N) is 2. The van der Waals surface area contributed by atoms with Gasteiger partial charge < -0.3 is 10.4 Å². The first-order valence-electron chi connectivity index (χ1n) is 8.27. The molecule has 1 amide bonds. The van der Waals surface area contributed by atoms with Gasteiger partial charge in [-0.05, 0) is 12.5 Å². The molecular weight excluding hydrogens is 330 g/mol. The molecule has 0 spiro atoms. The van der Waals surface area contributed by atoms with Crippen molar-refractivity contribution in [2.75, 3.05) is 6.54 Å². The van der Waals surface area contributed by atoms with Crippen LogP contribution in [-0.2, 0) is 0 Å². The number of H-pyrrole nitrogens is 1. The van der Waals surface area contributed by atoms with Crippen LogP contribution in [0.4, 0.5) is 0 Å². The fourth-order valence-corrected chi connectivity index (χ4v) is 2.69. The van der Waals surface area contributed by atoms with E-state index in [1.807, 2.05) is 60.7 Å². The minimum Gasteiger partial charge on any atom is -0.392 e. The number of benzene rings is 2. The summed E-state index contributed by atoms with van der Waals surface area (Å²) in [5.74, 6) is -0.550. The molecule has 6 heteroatoms. The van der Waals surface area contributed by atoms with E-state index in [0.717, 1.165) is 5.56 Å². The zero-order valence-corrected chi connectivity index (χ0v) is 14.3. The van der Waals surface area contributed by atoms with Gasteiger partial charge in [0.25, 0.3) is 11.5 Å². The van der Waals surface area contributed by atoms with Gasteiger partial charge >= 0.3 is 0 Å². The highest BCUT2D eigenvalue weighted by Gasteiger charge is 2.22. The molecule has 0 saturated heterocycles.